The minimum absolute atomic E-state index is 0.188. The Balaban J connectivity index is 1.92. The highest BCUT2D eigenvalue weighted by atomic mass is 19.1. The predicted molar refractivity (Wildman–Crippen MR) is 79.2 cm³/mol. The van der Waals surface area contributed by atoms with Crippen LogP contribution in [0.2, 0.25) is 0 Å². The molecule has 3 nitrogen and oxygen atoms in total. The van der Waals surface area contributed by atoms with Crippen LogP contribution in [0.15, 0.2) is 53.6 Å². The molecule has 0 fully saturated rings. The highest BCUT2D eigenvalue weighted by Crippen LogP contribution is 2.32. The van der Waals surface area contributed by atoms with Crippen molar-refractivity contribution in [2.75, 3.05) is 0 Å². The first-order valence-corrected chi connectivity index (χ1v) is 6.93. The zero-order valence-electron chi connectivity index (χ0n) is 12.0. The lowest BCUT2D eigenvalue weighted by molar-refractivity contribution is -0.130. The van der Waals surface area contributed by atoms with E-state index in [1.54, 1.807) is 24.3 Å². The van der Waals surface area contributed by atoms with Crippen LogP contribution in [0.4, 0.5) is 8.78 Å². The Bertz CT molecular complexity index is 723. The first kappa shape index (κ1) is 14.4. The van der Waals surface area contributed by atoms with Gasteiger partial charge in [0.15, 0.2) is 0 Å². The highest BCUT2D eigenvalue weighted by molar-refractivity contribution is 6.03. The molecular weight excluding hydrogens is 286 g/mol. The summed E-state index contributed by atoms with van der Waals surface area (Å²) in [7, 11) is 0. The second-order valence-corrected chi connectivity index (χ2v) is 5.19. The summed E-state index contributed by atoms with van der Waals surface area (Å²) in [6.07, 6.45) is 0.511. The van der Waals surface area contributed by atoms with E-state index in [-0.39, 0.29) is 23.6 Å². The Labute approximate surface area is 126 Å². The van der Waals surface area contributed by atoms with Gasteiger partial charge in [-0.05, 0) is 35.4 Å². The fraction of sp³-hybridized carbons (Fsp3) is 0.176. The van der Waals surface area contributed by atoms with Gasteiger partial charge < -0.3 is 0 Å². The third-order valence-electron chi connectivity index (χ3n) is 3.67. The van der Waals surface area contributed by atoms with Gasteiger partial charge in [-0.15, -0.1) is 0 Å². The number of benzene rings is 2. The molecule has 0 unspecified atom stereocenters. The minimum Gasteiger partial charge on any atom is -0.273 e. The molecule has 0 radical (unpaired) electrons. The number of halogens is 2. The van der Waals surface area contributed by atoms with E-state index < -0.39 is 0 Å². The van der Waals surface area contributed by atoms with E-state index in [1.807, 2.05) is 0 Å². The van der Waals surface area contributed by atoms with Crippen molar-refractivity contribution in [1.29, 1.82) is 0 Å². The molecule has 22 heavy (non-hydrogen) atoms. The molecule has 0 N–H and O–H groups in total. The summed E-state index contributed by atoms with van der Waals surface area (Å²) in [6, 6.07) is 11.8. The van der Waals surface area contributed by atoms with Gasteiger partial charge in [0, 0.05) is 13.3 Å². The normalized spacial score (nSPS) is 17.5. The Morgan fingerprint density at radius 1 is 1.05 bits per heavy atom. The van der Waals surface area contributed by atoms with Crippen molar-refractivity contribution >= 4 is 11.6 Å². The lowest BCUT2D eigenvalue weighted by Crippen LogP contribution is -2.24. The second kappa shape index (κ2) is 5.67. The molecule has 3 rings (SSSR count). The van der Waals surface area contributed by atoms with Crippen molar-refractivity contribution in [2.24, 2.45) is 5.10 Å². The largest absolute Gasteiger partial charge is 0.273 e. The van der Waals surface area contributed by atoms with Crippen LogP contribution in [-0.2, 0) is 4.79 Å². The second-order valence-electron chi connectivity index (χ2n) is 5.19. The molecule has 1 amide bonds. The van der Waals surface area contributed by atoms with Gasteiger partial charge in [-0.25, -0.2) is 13.8 Å². The van der Waals surface area contributed by atoms with Crippen molar-refractivity contribution in [2.45, 2.75) is 19.4 Å². The molecule has 0 saturated heterocycles. The van der Waals surface area contributed by atoms with E-state index in [2.05, 4.69) is 5.10 Å². The summed E-state index contributed by atoms with van der Waals surface area (Å²) >= 11 is 0. The maximum Gasteiger partial charge on any atom is 0.240 e. The Morgan fingerprint density at radius 2 is 1.59 bits per heavy atom. The number of carbonyl (C=O) groups is 1. The minimum atomic E-state index is -0.323. The number of hydrogen-bond donors (Lipinski definition) is 0. The standard InChI is InChI=1S/C17H14F2N2O/c1-11(22)21-17(13-4-8-15(19)9-5-13)10-16(20-21)12-2-6-14(18)7-3-12/h2-9,17H,10H2,1H3/t17-/m0/s1. The number of nitrogens with zero attached hydrogens (tertiary/aromatic N) is 2. The van der Waals surface area contributed by atoms with Crippen LogP contribution in [0, 0.1) is 11.6 Å². The van der Waals surface area contributed by atoms with E-state index in [4.69, 9.17) is 0 Å². The molecule has 0 saturated carbocycles. The zero-order valence-corrected chi connectivity index (χ0v) is 12.0. The van der Waals surface area contributed by atoms with Crippen molar-refractivity contribution < 1.29 is 13.6 Å². The van der Waals surface area contributed by atoms with Crippen LogP contribution in [0.5, 0.6) is 0 Å². The van der Waals surface area contributed by atoms with Gasteiger partial charge in [0.25, 0.3) is 0 Å². The monoisotopic (exact) mass is 300 g/mol. The maximum atomic E-state index is 13.1. The van der Waals surface area contributed by atoms with Crippen LogP contribution in [0.25, 0.3) is 0 Å². The molecule has 0 spiro atoms. The lowest BCUT2D eigenvalue weighted by Gasteiger charge is -2.20. The first-order chi connectivity index (χ1) is 10.5. The van der Waals surface area contributed by atoms with Gasteiger partial charge >= 0.3 is 0 Å². The first-order valence-electron chi connectivity index (χ1n) is 6.93. The Morgan fingerprint density at radius 3 is 2.14 bits per heavy atom. The summed E-state index contributed by atoms with van der Waals surface area (Å²) in [5.74, 6) is -0.830. The summed E-state index contributed by atoms with van der Waals surface area (Å²) in [4.78, 5) is 11.8. The molecule has 0 bridgehead atoms. The molecule has 1 atom stereocenters. The fourth-order valence-corrected chi connectivity index (χ4v) is 2.56. The van der Waals surface area contributed by atoms with E-state index in [0.717, 1.165) is 11.1 Å². The molecule has 5 heteroatoms. The smallest absolute Gasteiger partial charge is 0.240 e. The summed E-state index contributed by atoms with van der Waals surface area (Å²) in [5.41, 5.74) is 2.30. The third kappa shape index (κ3) is 2.74. The van der Waals surface area contributed by atoms with Crippen LogP contribution >= 0.6 is 0 Å². The average molecular weight is 300 g/mol. The van der Waals surface area contributed by atoms with Crippen molar-refractivity contribution in [3.63, 3.8) is 0 Å². The molecule has 112 valence electrons. The number of hydrazone groups is 1. The predicted octanol–water partition coefficient (Wildman–Crippen LogP) is 3.66. The molecule has 0 aromatic heterocycles. The van der Waals surface area contributed by atoms with Gasteiger partial charge in [-0.1, -0.05) is 24.3 Å². The number of rotatable bonds is 2. The maximum absolute atomic E-state index is 13.1. The van der Waals surface area contributed by atoms with E-state index in [1.165, 1.54) is 36.2 Å². The van der Waals surface area contributed by atoms with E-state index in [9.17, 15) is 13.6 Å². The van der Waals surface area contributed by atoms with E-state index >= 15 is 0 Å². The molecule has 1 aliphatic rings. The van der Waals surface area contributed by atoms with Crippen molar-refractivity contribution in [1.82, 2.24) is 5.01 Å². The zero-order chi connectivity index (χ0) is 15.7. The van der Waals surface area contributed by atoms with Gasteiger partial charge in [0.1, 0.15) is 11.6 Å². The quantitative estimate of drug-likeness (QED) is 0.833. The Kier molecular flexibility index (Phi) is 3.71. The molecule has 2 aromatic rings. The van der Waals surface area contributed by atoms with Crippen LogP contribution in [-0.4, -0.2) is 16.6 Å². The van der Waals surface area contributed by atoms with Gasteiger partial charge in [-0.3, -0.25) is 4.79 Å². The highest BCUT2D eigenvalue weighted by Gasteiger charge is 2.31. The SMILES string of the molecule is CC(=O)N1N=C(c2ccc(F)cc2)C[C@H]1c1ccc(F)cc1. The lowest BCUT2D eigenvalue weighted by atomic mass is 9.98. The third-order valence-corrected chi connectivity index (χ3v) is 3.67. The molecular formula is C17H14F2N2O. The number of carbonyl (C=O) groups excluding carboxylic acids is 1. The fourth-order valence-electron chi connectivity index (χ4n) is 2.56. The summed E-state index contributed by atoms with van der Waals surface area (Å²) < 4.78 is 26.1. The van der Waals surface area contributed by atoms with Gasteiger partial charge in [0.05, 0.1) is 11.8 Å². The van der Waals surface area contributed by atoms with Crippen LogP contribution < -0.4 is 0 Å². The summed E-state index contributed by atoms with van der Waals surface area (Å²) in [6.45, 7) is 1.44. The molecule has 1 heterocycles. The number of hydrogen-bond acceptors (Lipinski definition) is 2. The average Bonchev–Trinajstić information content (AvgIpc) is 2.94. The Hall–Kier alpha value is -2.56. The number of amides is 1. The van der Waals surface area contributed by atoms with Crippen LogP contribution in [0.3, 0.4) is 0 Å². The van der Waals surface area contributed by atoms with Crippen molar-refractivity contribution in [3.8, 4) is 0 Å². The summed E-state index contributed by atoms with van der Waals surface area (Å²) in [5, 5.41) is 5.75. The molecule has 2 aromatic carbocycles. The van der Waals surface area contributed by atoms with Gasteiger partial charge in [-0.2, -0.15) is 5.10 Å². The van der Waals surface area contributed by atoms with Crippen LogP contribution in [0.1, 0.15) is 30.5 Å². The van der Waals surface area contributed by atoms with Crippen molar-refractivity contribution in [3.05, 3.63) is 71.3 Å². The topological polar surface area (TPSA) is 32.7 Å². The van der Waals surface area contributed by atoms with Gasteiger partial charge in [0.2, 0.25) is 5.91 Å². The molecule has 0 aliphatic carbocycles. The molecule has 1 aliphatic heterocycles. The van der Waals surface area contributed by atoms with E-state index in [0.29, 0.717) is 12.1 Å².